The second kappa shape index (κ2) is 7.36. The molecule has 0 aliphatic carbocycles. The largest absolute Gasteiger partial charge is 0.480 e. The molecule has 8 nitrogen and oxygen atoms in total. The second-order valence-electron chi connectivity index (χ2n) is 6.93. The van der Waals surface area contributed by atoms with Gasteiger partial charge in [0.1, 0.15) is 5.82 Å². The van der Waals surface area contributed by atoms with Gasteiger partial charge in [-0.25, -0.2) is 9.97 Å². The number of amides is 1. The van der Waals surface area contributed by atoms with Gasteiger partial charge in [-0.15, -0.1) is 0 Å². The molecule has 1 amide bonds. The van der Waals surface area contributed by atoms with Crippen molar-refractivity contribution in [2.75, 3.05) is 24.4 Å². The highest BCUT2D eigenvalue weighted by Gasteiger charge is 2.36. The average molecular weight is 413 g/mol. The van der Waals surface area contributed by atoms with Crippen LogP contribution in [0.2, 0.25) is 5.02 Å². The number of imidazole rings is 1. The van der Waals surface area contributed by atoms with Crippen LogP contribution < -0.4 is 15.0 Å². The predicted molar refractivity (Wildman–Crippen MR) is 112 cm³/mol. The van der Waals surface area contributed by atoms with Gasteiger partial charge in [-0.05, 0) is 38.1 Å². The second-order valence-corrected chi connectivity index (χ2v) is 7.37. The van der Waals surface area contributed by atoms with Gasteiger partial charge in [-0.3, -0.25) is 4.79 Å². The van der Waals surface area contributed by atoms with E-state index in [0.29, 0.717) is 40.5 Å². The molecule has 0 bridgehead atoms. The van der Waals surface area contributed by atoms with Gasteiger partial charge in [0.05, 0.1) is 24.9 Å². The van der Waals surface area contributed by atoms with E-state index in [9.17, 15) is 4.79 Å². The molecule has 29 heavy (non-hydrogen) atoms. The Hall–Kier alpha value is -3.13. The number of ether oxygens (including phenoxy) is 1. The zero-order chi connectivity index (χ0) is 20.7. The highest BCUT2D eigenvalue weighted by Crippen LogP contribution is 2.36. The maximum absolute atomic E-state index is 13.1. The predicted octanol–water partition coefficient (Wildman–Crippen LogP) is 3.79. The summed E-state index contributed by atoms with van der Waals surface area (Å²) in [7, 11) is 3.29. The summed E-state index contributed by atoms with van der Waals surface area (Å²) in [6.45, 7) is 4.53. The Morgan fingerprint density at radius 2 is 1.93 bits per heavy atom. The van der Waals surface area contributed by atoms with Crippen molar-refractivity contribution in [1.29, 1.82) is 0 Å². The fourth-order valence-electron chi connectivity index (χ4n) is 3.51. The Labute approximate surface area is 173 Å². The normalized spacial score (nSPS) is 13.2. The number of benzene rings is 1. The van der Waals surface area contributed by atoms with Crippen LogP contribution in [-0.4, -0.2) is 39.6 Å². The number of aromatic nitrogens is 4. The van der Waals surface area contributed by atoms with Crippen molar-refractivity contribution in [1.82, 2.24) is 19.5 Å². The van der Waals surface area contributed by atoms with E-state index >= 15 is 0 Å². The third-order valence-corrected chi connectivity index (χ3v) is 5.08. The van der Waals surface area contributed by atoms with E-state index < -0.39 is 0 Å². The molecule has 1 aliphatic rings. The van der Waals surface area contributed by atoms with E-state index in [1.165, 1.54) is 0 Å². The van der Waals surface area contributed by atoms with Gasteiger partial charge >= 0.3 is 0 Å². The van der Waals surface area contributed by atoms with E-state index in [1.54, 1.807) is 37.4 Å². The lowest BCUT2D eigenvalue weighted by Crippen LogP contribution is -2.24. The summed E-state index contributed by atoms with van der Waals surface area (Å²) in [6, 6.07) is 7.29. The van der Waals surface area contributed by atoms with Gasteiger partial charge in [0, 0.05) is 30.0 Å². The van der Waals surface area contributed by atoms with E-state index in [2.05, 4.69) is 34.1 Å². The van der Waals surface area contributed by atoms with Gasteiger partial charge in [-0.1, -0.05) is 11.6 Å². The molecule has 1 aromatic carbocycles. The van der Waals surface area contributed by atoms with Gasteiger partial charge in [0.2, 0.25) is 11.8 Å². The lowest BCUT2D eigenvalue weighted by molar-refractivity contribution is 0.0992. The van der Waals surface area contributed by atoms with Crippen molar-refractivity contribution in [3.05, 3.63) is 46.9 Å². The van der Waals surface area contributed by atoms with Crippen LogP contribution >= 0.6 is 11.6 Å². The standard InChI is InChI=1S/C20H21ClN6O2/c1-11(2)27-15-10-26(13-7-5-12(21)6-8-13)19(28)16(15)24-17(27)14-9-23-20(22-3)25-18(14)29-4/h5-9,11H,10H2,1-4H3,(H,22,23,25). The Balaban J connectivity index is 1.80. The highest BCUT2D eigenvalue weighted by atomic mass is 35.5. The van der Waals surface area contributed by atoms with Gasteiger partial charge in [0.25, 0.3) is 5.91 Å². The molecule has 4 rings (SSSR count). The topological polar surface area (TPSA) is 85.2 Å². The Bertz CT molecular complexity index is 1080. The van der Waals surface area contributed by atoms with Crippen LogP contribution in [0.1, 0.15) is 36.1 Å². The molecular weight excluding hydrogens is 392 g/mol. The van der Waals surface area contributed by atoms with Crippen molar-refractivity contribution in [3.63, 3.8) is 0 Å². The minimum atomic E-state index is -0.144. The smallest absolute Gasteiger partial charge is 0.279 e. The molecule has 1 N–H and O–H groups in total. The number of carbonyl (C=O) groups excluding carboxylic acids is 1. The van der Waals surface area contributed by atoms with Crippen molar-refractivity contribution >= 4 is 29.1 Å². The molecule has 3 aromatic rings. The number of methoxy groups -OCH3 is 1. The number of halogens is 1. The third kappa shape index (κ3) is 3.19. The number of fused-ring (bicyclic) bond motifs is 1. The number of hydrogen-bond acceptors (Lipinski definition) is 6. The summed E-state index contributed by atoms with van der Waals surface area (Å²) in [6.07, 6.45) is 1.66. The lowest BCUT2D eigenvalue weighted by Gasteiger charge is -2.20. The molecule has 0 saturated carbocycles. The first-order chi connectivity index (χ1) is 13.9. The SMILES string of the molecule is CNc1ncc(-c2nc3c(n2C(C)C)CN(c2ccc(Cl)cc2)C3=O)c(OC)n1. The molecule has 3 heterocycles. The first-order valence-electron chi connectivity index (χ1n) is 9.22. The highest BCUT2D eigenvalue weighted by molar-refractivity contribution is 6.30. The van der Waals surface area contributed by atoms with E-state index in [4.69, 9.17) is 16.3 Å². The number of hydrogen-bond donors (Lipinski definition) is 1. The molecule has 9 heteroatoms. The maximum atomic E-state index is 13.1. The molecule has 0 radical (unpaired) electrons. The van der Waals surface area contributed by atoms with Crippen LogP contribution in [-0.2, 0) is 6.54 Å². The molecule has 2 aromatic heterocycles. The quantitative estimate of drug-likeness (QED) is 0.686. The zero-order valence-corrected chi connectivity index (χ0v) is 17.4. The van der Waals surface area contributed by atoms with Crippen molar-refractivity contribution in [2.24, 2.45) is 0 Å². The van der Waals surface area contributed by atoms with Crippen LogP contribution in [0.5, 0.6) is 5.88 Å². The summed E-state index contributed by atoms with van der Waals surface area (Å²) < 4.78 is 7.50. The van der Waals surface area contributed by atoms with Crippen molar-refractivity contribution < 1.29 is 9.53 Å². The van der Waals surface area contributed by atoms with E-state index in [-0.39, 0.29) is 11.9 Å². The Morgan fingerprint density at radius 1 is 1.21 bits per heavy atom. The molecular formula is C20H21ClN6O2. The van der Waals surface area contributed by atoms with Crippen LogP contribution in [0.15, 0.2) is 30.5 Å². The number of nitrogens with one attached hydrogen (secondary N) is 1. The number of anilines is 2. The van der Waals surface area contributed by atoms with Gasteiger partial charge in [-0.2, -0.15) is 4.98 Å². The average Bonchev–Trinajstić information content (AvgIpc) is 3.25. The first-order valence-corrected chi connectivity index (χ1v) is 9.60. The Kier molecular flexibility index (Phi) is 4.87. The van der Waals surface area contributed by atoms with Crippen molar-refractivity contribution in [3.8, 4) is 17.3 Å². The minimum Gasteiger partial charge on any atom is -0.480 e. The molecule has 0 atom stereocenters. The van der Waals surface area contributed by atoms with Crippen molar-refractivity contribution in [2.45, 2.75) is 26.4 Å². The van der Waals surface area contributed by atoms with Crippen LogP contribution in [0.3, 0.4) is 0 Å². The summed E-state index contributed by atoms with van der Waals surface area (Å²) in [5, 5.41) is 3.52. The van der Waals surface area contributed by atoms with Crippen LogP contribution in [0, 0.1) is 0 Å². The van der Waals surface area contributed by atoms with E-state index in [0.717, 1.165) is 11.4 Å². The fourth-order valence-corrected chi connectivity index (χ4v) is 3.64. The summed E-state index contributed by atoms with van der Waals surface area (Å²) in [4.78, 5) is 28.1. The molecule has 0 spiro atoms. The molecule has 150 valence electrons. The summed E-state index contributed by atoms with van der Waals surface area (Å²) >= 11 is 5.98. The van der Waals surface area contributed by atoms with Gasteiger partial charge in [0.15, 0.2) is 5.69 Å². The summed E-state index contributed by atoms with van der Waals surface area (Å²) in [5.41, 5.74) is 2.71. The summed E-state index contributed by atoms with van der Waals surface area (Å²) in [5.74, 6) is 1.33. The third-order valence-electron chi connectivity index (χ3n) is 4.83. The maximum Gasteiger partial charge on any atom is 0.279 e. The lowest BCUT2D eigenvalue weighted by atomic mass is 10.2. The van der Waals surface area contributed by atoms with Crippen LogP contribution in [0.4, 0.5) is 11.6 Å². The molecule has 1 aliphatic heterocycles. The fraction of sp³-hybridized carbons (Fsp3) is 0.300. The monoisotopic (exact) mass is 412 g/mol. The number of carbonyl (C=O) groups is 1. The van der Waals surface area contributed by atoms with Gasteiger partial charge < -0.3 is 19.5 Å². The molecule has 0 unspecified atom stereocenters. The molecule has 0 fully saturated rings. The number of rotatable bonds is 5. The van der Waals surface area contributed by atoms with E-state index in [1.807, 2.05) is 16.7 Å². The van der Waals surface area contributed by atoms with Crippen LogP contribution in [0.25, 0.3) is 11.4 Å². The Morgan fingerprint density at radius 3 is 2.55 bits per heavy atom. The molecule has 0 saturated heterocycles. The minimum absolute atomic E-state index is 0.0768. The first kappa shape index (κ1) is 19.2. The number of nitrogens with zero attached hydrogens (tertiary/aromatic N) is 5. The zero-order valence-electron chi connectivity index (χ0n) is 16.6.